The normalized spacial score (nSPS) is 12.6. The molecule has 18 heavy (non-hydrogen) atoms. The number of aromatic nitrogens is 1. The van der Waals surface area contributed by atoms with E-state index in [0.29, 0.717) is 6.42 Å². The second-order valence-electron chi connectivity index (χ2n) is 5.79. The Balaban J connectivity index is 2.62. The first-order valence-electron chi connectivity index (χ1n) is 6.30. The maximum atomic E-state index is 13.4. The highest BCUT2D eigenvalue weighted by Crippen LogP contribution is 2.27. The predicted molar refractivity (Wildman–Crippen MR) is 72.3 cm³/mol. The fourth-order valence-corrected chi connectivity index (χ4v) is 2.44. The molecule has 0 saturated heterocycles. The molecule has 1 heterocycles. The number of fused-ring (bicyclic) bond motifs is 1. The Bertz CT molecular complexity index is 564. The van der Waals surface area contributed by atoms with Gasteiger partial charge in [-0.2, -0.15) is 0 Å². The van der Waals surface area contributed by atoms with Crippen molar-refractivity contribution in [2.45, 2.75) is 45.8 Å². The first kappa shape index (κ1) is 13.1. The van der Waals surface area contributed by atoms with Crippen molar-refractivity contribution in [3.8, 4) is 0 Å². The smallest absolute Gasteiger partial charge is 0.125 e. The maximum Gasteiger partial charge on any atom is 0.125 e. The molecule has 0 aliphatic rings. The molecular weight excluding hydrogens is 229 g/mol. The van der Waals surface area contributed by atoms with Crippen LogP contribution in [0.3, 0.4) is 0 Å². The van der Waals surface area contributed by atoms with E-state index < -0.39 is 5.60 Å². The van der Waals surface area contributed by atoms with E-state index in [0.717, 1.165) is 16.6 Å². The summed E-state index contributed by atoms with van der Waals surface area (Å²) in [6, 6.07) is 7.09. The number of rotatable bonds is 3. The van der Waals surface area contributed by atoms with Gasteiger partial charge in [0.15, 0.2) is 0 Å². The molecule has 3 heteroatoms. The number of aliphatic hydroxyl groups is 1. The van der Waals surface area contributed by atoms with Gasteiger partial charge >= 0.3 is 0 Å². The van der Waals surface area contributed by atoms with Gasteiger partial charge < -0.3 is 9.67 Å². The molecule has 2 rings (SSSR count). The van der Waals surface area contributed by atoms with Crippen molar-refractivity contribution in [1.82, 2.24) is 4.57 Å². The lowest BCUT2D eigenvalue weighted by atomic mass is 10.0. The lowest BCUT2D eigenvalue weighted by molar-refractivity contribution is 0.0789. The van der Waals surface area contributed by atoms with Crippen LogP contribution < -0.4 is 0 Å². The van der Waals surface area contributed by atoms with Crippen LogP contribution in [-0.2, 0) is 6.42 Å². The Labute approximate surface area is 107 Å². The van der Waals surface area contributed by atoms with E-state index in [9.17, 15) is 9.50 Å². The van der Waals surface area contributed by atoms with Crippen molar-refractivity contribution in [2.24, 2.45) is 0 Å². The van der Waals surface area contributed by atoms with Gasteiger partial charge in [-0.3, -0.25) is 0 Å². The van der Waals surface area contributed by atoms with Crippen LogP contribution in [-0.4, -0.2) is 15.3 Å². The molecule has 0 aliphatic heterocycles. The number of hydrogen-bond acceptors (Lipinski definition) is 1. The molecule has 0 spiro atoms. The maximum absolute atomic E-state index is 13.4. The minimum Gasteiger partial charge on any atom is -0.390 e. The minimum absolute atomic E-state index is 0.225. The van der Waals surface area contributed by atoms with Crippen LogP contribution >= 0.6 is 0 Å². The van der Waals surface area contributed by atoms with Gasteiger partial charge in [-0.05, 0) is 52.0 Å². The van der Waals surface area contributed by atoms with E-state index in [1.165, 1.54) is 6.07 Å². The summed E-state index contributed by atoms with van der Waals surface area (Å²) in [4.78, 5) is 0. The van der Waals surface area contributed by atoms with Crippen molar-refractivity contribution in [2.75, 3.05) is 0 Å². The summed E-state index contributed by atoms with van der Waals surface area (Å²) in [5, 5.41) is 11.0. The number of nitrogens with zero attached hydrogens (tertiary/aromatic N) is 1. The standard InChI is InChI=1S/C15H20FNO/c1-10(2)17-13(9-15(3,4)18)7-11-5-6-12(16)8-14(11)17/h5-8,10,18H,9H2,1-4H3. The van der Waals surface area contributed by atoms with Crippen LogP contribution in [0.25, 0.3) is 10.9 Å². The summed E-state index contributed by atoms with van der Waals surface area (Å²) in [5.74, 6) is -0.225. The Morgan fingerprint density at radius 1 is 1.28 bits per heavy atom. The fourth-order valence-electron chi connectivity index (χ4n) is 2.44. The summed E-state index contributed by atoms with van der Waals surface area (Å²) in [7, 11) is 0. The minimum atomic E-state index is -0.764. The molecule has 2 aromatic rings. The largest absolute Gasteiger partial charge is 0.390 e. The Hall–Kier alpha value is -1.35. The lowest BCUT2D eigenvalue weighted by Crippen LogP contribution is -2.24. The Morgan fingerprint density at radius 2 is 1.94 bits per heavy atom. The first-order chi connectivity index (χ1) is 8.28. The van der Waals surface area contributed by atoms with Crippen LogP contribution in [0.5, 0.6) is 0 Å². The molecule has 0 aliphatic carbocycles. The van der Waals surface area contributed by atoms with Gasteiger partial charge in [0.2, 0.25) is 0 Å². The summed E-state index contributed by atoms with van der Waals surface area (Å²) < 4.78 is 15.5. The Kier molecular flexibility index (Phi) is 3.20. The second kappa shape index (κ2) is 4.39. The molecule has 0 amide bonds. The highest BCUT2D eigenvalue weighted by molar-refractivity contribution is 5.81. The van der Waals surface area contributed by atoms with Gasteiger partial charge in [0, 0.05) is 23.5 Å². The highest BCUT2D eigenvalue weighted by Gasteiger charge is 2.19. The van der Waals surface area contributed by atoms with E-state index in [2.05, 4.69) is 18.4 Å². The highest BCUT2D eigenvalue weighted by atomic mass is 19.1. The molecular formula is C15H20FNO. The number of benzene rings is 1. The van der Waals surface area contributed by atoms with Gasteiger partial charge in [0.05, 0.1) is 11.1 Å². The topological polar surface area (TPSA) is 25.2 Å². The summed E-state index contributed by atoms with van der Waals surface area (Å²) in [5.41, 5.74) is 1.17. The molecule has 1 aromatic carbocycles. The van der Waals surface area contributed by atoms with Crippen molar-refractivity contribution >= 4 is 10.9 Å². The lowest BCUT2D eigenvalue weighted by Gasteiger charge is -2.21. The van der Waals surface area contributed by atoms with Crippen molar-refractivity contribution in [1.29, 1.82) is 0 Å². The van der Waals surface area contributed by atoms with E-state index >= 15 is 0 Å². The van der Waals surface area contributed by atoms with E-state index in [1.807, 2.05) is 6.07 Å². The molecule has 1 N–H and O–H groups in total. The quantitative estimate of drug-likeness (QED) is 0.882. The van der Waals surface area contributed by atoms with Gasteiger partial charge in [0.25, 0.3) is 0 Å². The summed E-state index contributed by atoms with van der Waals surface area (Å²) in [6.45, 7) is 7.71. The van der Waals surface area contributed by atoms with Gasteiger partial charge in [-0.25, -0.2) is 4.39 Å². The molecule has 0 saturated carbocycles. The van der Waals surface area contributed by atoms with E-state index in [1.54, 1.807) is 26.0 Å². The number of halogens is 1. The third kappa shape index (κ3) is 2.56. The fraction of sp³-hybridized carbons (Fsp3) is 0.467. The van der Waals surface area contributed by atoms with Crippen molar-refractivity contribution in [3.63, 3.8) is 0 Å². The van der Waals surface area contributed by atoms with Crippen LogP contribution in [0.2, 0.25) is 0 Å². The summed E-state index contributed by atoms with van der Waals surface area (Å²) in [6.07, 6.45) is 0.557. The van der Waals surface area contributed by atoms with E-state index in [4.69, 9.17) is 0 Å². The molecule has 1 aromatic heterocycles. The molecule has 2 nitrogen and oxygen atoms in total. The third-order valence-electron chi connectivity index (χ3n) is 3.01. The van der Waals surface area contributed by atoms with Crippen molar-refractivity contribution in [3.05, 3.63) is 35.8 Å². The van der Waals surface area contributed by atoms with Crippen LogP contribution in [0.15, 0.2) is 24.3 Å². The summed E-state index contributed by atoms with van der Waals surface area (Å²) >= 11 is 0. The molecule has 0 unspecified atom stereocenters. The molecule has 0 atom stereocenters. The third-order valence-corrected chi connectivity index (χ3v) is 3.01. The zero-order valence-corrected chi connectivity index (χ0v) is 11.4. The molecule has 98 valence electrons. The van der Waals surface area contributed by atoms with Gasteiger partial charge in [-0.15, -0.1) is 0 Å². The Morgan fingerprint density at radius 3 is 2.50 bits per heavy atom. The molecule has 0 fully saturated rings. The van der Waals surface area contributed by atoms with Crippen molar-refractivity contribution < 1.29 is 9.50 Å². The predicted octanol–water partition coefficient (Wildman–Crippen LogP) is 3.67. The molecule has 0 bridgehead atoms. The average molecular weight is 249 g/mol. The van der Waals surface area contributed by atoms with Crippen LogP contribution in [0, 0.1) is 5.82 Å². The average Bonchev–Trinajstić information content (AvgIpc) is 2.51. The first-order valence-corrected chi connectivity index (χ1v) is 6.30. The van der Waals surface area contributed by atoms with Gasteiger partial charge in [0.1, 0.15) is 5.82 Å². The van der Waals surface area contributed by atoms with Gasteiger partial charge in [-0.1, -0.05) is 0 Å². The zero-order chi connectivity index (χ0) is 13.5. The SMILES string of the molecule is CC(C)n1c(CC(C)(C)O)cc2ccc(F)cc21. The zero-order valence-electron chi connectivity index (χ0n) is 11.4. The number of hydrogen-bond donors (Lipinski definition) is 1. The van der Waals surface area contributed by atoms with Crippen LogP contribution in [0.1, 0.15) is 39.4 Å². The van der Waals surface area contributed by atoms with E-state index in [-0.39, 0.29) is 11.9 Å². The van der Waals surface area contributed by atoms with Crippen LogP contribution in [0.4, 0.5) is 4.39 Å². The molecule has 0 radical (unpaired) electrons. The second-order valence-corrected chi connectivity index (χ2v) is 5.79. The monoisotopic (exact) mass is 249 g/mol.